The molecule has 1 N–H and O–H groups in total. The molecule has 0 aliphatic heterocycles. The van der Waals surface area contributed by atoms with E-state index in [1.165, 1.54) is 32.1 Å². The van der Waals surface area contributed by atoms with Crippen LogP contribution in [0, 0.1) is 0 Å². The lowest BCUT2D eigenvalue weighted by molar-refractivity contribution is 0.302. The molecule has 0 aliphatic rings. The molecule has 0 aliphatic carbocycles. The van der Waals surface area contributed by atoms with Crippen molar-refractivity contribution in [3.63, 3.8) is 0 Å². The van der Waals surface area contributed by atoms with Gasteiger partial charge in [-0.2, -0.15) is 0 Å². The van der Waals surface area contributed by atoms with E-state index in [0.29, 0.717) is 0 Å². The van der Waals surface area contributed by atoms with E-state index in [2.05, 4.69) is 12.2 Å². The average molecular weight is 219 g/mol. The Morgan fingerprint density at radius 3 is 2.00 bits per heavy atom. The van der Waals surface area contributed by atoms with Crippen molar-refractivity contribution in [3.8, 4) is 0 Å². The molecular formula is C12H23ClO. The number of halogens is 1. The van der Waals surface area contributed by atoms with Crippen LogP contribution in [-0.4, -0.2) is 17.6 Å². The maximum atomic E-state index is 8.53. The lowest BCUT2D eigenvalue weighted by atomic mass is 10.1. The summed E-state index contributed by atoms with van der Waals surface area (Å²) in [4.78, 5) is 0. The first kappa shape index (κ1) is 14.0. The molecule has 0 radical (unpaired) electrons. The van der Waals surface area contributed by atoms with Crippen LogP contribution in [0.1, 0.15) is 51.4 Å². The summed E-state index contributed by atoms with van der Waals surface area (Å²) in [5.74, 6) is 0.809. The largest absolute Gasteiger partial charge is 0.396 e. The van der Waals surface area contributed by atoms with Gasteiger partial charge in [-0.05, 0) is 25.7 Å². The molecule has 0 fully saturated rings. The number of unbranched alkanes of at least 4 members (excludes halogenated alkanes) is 6. The second-order valence-corrected chi connectivity index (χ2v) is 3.96. The molecule has 0 aromatic carbocycles. The minimum absolute atomic E-state index is 0.273. The maximum Gasteiger partial charge on any atom is 0.0465 e. The number of rotatable bonds is 10. The second kappa shape index (κ2) is 13.0. The van der Waals surface area contributed by atoms with Crippen LogP contribution in [0.15, 0.2) is 12.2 Å². The van der Waals surface area contributed by atoms with Crippen molar-refractivity contribution in [2.75, 3.05) is 12.5 Å². The summed E-state index contributed by atoms with van der Waals surface area (Å²) in [5, 5.41) is 8.53. The van der Waals surface area contributed by atoms with Crippen LogP contribution < -0.4 is 0 Å². The van der Waals surface area contributed by atoms with Gasteiger partial charge in [0.1, 0.15) is 0 Å². The van der Waals surface area contributed by atoms with Crippen molar-refractivity contribution in [3.05, 3.63) is 12.2 Å². The molecular weight excluding hydrogens is 196 g/mol. The Hall–Kier alpha value is -0.0100. The zero-order chi connectivity index (χ0) is 10.5. The molecule has 0 bridgehead atoms. The molecule has 0 aromatic heterocycles. The van der Waals surface area contributed by atoms with Gasteiger partial charge in [0, 0.05) is 12.5 Å². The molecule has 0 unspecified atom stereocenters. The zero-order valence-corrected chi connectivity index (χ0v) is 9.81. The lowest BCUT2D eigenvalue weighted by Crippen LogP contribution is -1.80. The van der Waals surface area contributed by atoms with Gasteiger partial charge >= 0.3 is 0 Å². The third-order valence-corrected chi connectivity index (χ3v) is 2.48. The van der Waals surface area contributed by atoms with E-state index in [1.807, 2.05) is 0 Å². The van der Waals surface area contributed by atoms with Crippen molar-refractivity contribution in [1.29, 1.82) is 0 Å². The van der Waals surface area contributed by atoms with Crippen LogP contribution in [0.5, 0.6) is 0 Å². The van der Waals surface area contributed by atoms with Gasteiger partial charge < -0.3 is 5.11 Å². The van der Waals surface area contributed by atoms with E-state index in [4.69, 9.17) is 16.7 Å². The highest BCUT2D eigenvalue weighted by Crippen LogP contribution is 2.07. The van der Waals surface area contributed by atoms with Crippen molar-refractivity contribution < 1.29 is 5.11 Å². The molecule has 14 heavy (non-hydrogen) atoms. The Labute approximate surface area is 93.2 Å². The molecule has 0 saturated carbocycles. The molecule has 0 rings (SSSR count). The van der Waals surface area contributed by atoms with Gasteiger partial charge in [-0.3, -0.25) is 0 Å². The highest BCUT2D eigenvalue weighted by molar-refractivity contribution is 6.17. The van der Waals surface area contributed by atoms with Crippen LogP contribution >= 0.6 is 11.6 Å². The van der Waals surface area contributed by atoms with E-state index in [-0.39, 0.29) is 6.61 Å². The maximum absolute atomic E-state index is 8.53. The number of allylic oxidation sites excluding steroid dienone is 1. The molecule has 0 amide bonds. The first-order valence-electron chi connectivity index (χ1n) is 5.73. The average Bonchev–Trinajstić information content (AvgIpc) is 2.21. The molecule has 0 atom stereocenters. The van der Waals surface area contributed by atoms with Gasteiger partial charge in [0.05, 0.1) is 0 Å². The zero-order valence-electron chi connectivity index (χ0n) is 9.05. The smallest absolute Gasteiger partial charge is 0.0465 e. The van der Waals surface area contributed by atoms with E-state index >= 15 is 0 Å². The van der Waals surface area contributed by atoms with Crippen LogP contribution in [0.2, 0.25) is 0 Å². The van der Waals surface area contributed by atoms with Gasteiger partial charge in [0.25, 0.3) is 0 Å². The van der Waals surface area contributed by atoms with Crippen LogP contribution in [0.4, 0.5) is 0 Å². The van der Waals surface area contributed by atoms with Gasteiger partial charge in [-0.25, -0.2) is 0 Å². The summed E-state index contributed by atoms with van der Waals surface area (Å²) in [7, 11) is 0. The van der Waals surface area contributed by atoms with Gasteiger partial charge in [-0.15, -0.1) is 11.6 Å². The Morgan fingerprint density at radius 2 is 1.36 bits per heavy atom. The van der Waals surface area contributed by atoms with Crippen molar-refractivity contribution in [2.45, 2.75) is 51.4 Å². The highest BCUT2D eigenvalue weighted by atomic mass is 35.5. The highest BCUT2D eigenvalue weighted by Gasteiger charge is 1.89. The molecule has 1 nitrogen and oxygen atoms in total. The fourth-order valence-electron chi connectivity index (χ4n) is 1.37. The Bertz CT molecular complexity index is 123. The summed E-state index contributed by atoms with van der Waals surface area (Å²) < 4.78 is 0. The summed E-state index contributed by atoms with van der Waals surface area (Å²) in [5.41, 5.74) is 0. The third-order valence-electron chi connectivity index (χ3n) is 2.22. The summed E-state index contributed by atoms with van der Waals surface area (Å²) in [6.07, 6.45) is 13.9. The fourth-order valence-corrected chi connectivity index (χ4v) is 1.56. The van der Waals surface area contributed by atoms with E-state index in [0.717, 1.165) is 25.1 Å². The van der Waals surface area contributed by atoms with Crippen LogP contribution in [-0.2, 0) is 0 Å². The Kier molecular flexibility index (Phi) is 13.0. The lowest BCUT2D eigenvalue weighted by Gasteiger charge is -1.98. The number of hydrogen-bond acceptors (Lipinski definition) is 1. The molecule has 0 spiro atoms. The predicted molar refractivity (Wildman–Crippen MR) is 63.9 cm³/mol. The topological polar surface area (TPSA) is 20.2 Å². The summed E-state index contributed by atoms with van der Waals surface area (Å²) in [6, 6.07) is 0. The van der Waals surface area contributed by atoms with Crippen LogP contribution in [0.25, 0.3) is 0 Å². The third kappa shape index (κ3) is 12.0. The van der Waals surface area contributed by atoms with Gasteiger partial charge in [-0.1, -0.05) is 37.8 Å². The molecule has 0 aromatic rings. The van der Waals surface area contributed by atoms with Gasteiger partial charge in [0.15, 0.2) is 0 Å². The SMILES string of the molecule is OCC/C=C\CCCCCCCCCl. The Morgan fingerprint density at radius 1 is 0.786 bits per heavy atom. The molecule has 0 saturated heterocycles. The molecule has 84 valence electrons. The van der Waals surface area contributed by atoms with Crippen LogP contribution in [0.3, 0.4) is 0 Å². The van der Waals surface area contributed by atoms with Crippen molar-refractivity contribution in [2.24, 2.45) is 0 Å². The second-order valence-electron chi connectivity index (χ2n) is 3.58. The van der Waals surface area contributed by atoms with E-state index in [1.54, 1.807) is 0 Å². The number of aliphatic hydroxyl groups excluding tert-OH is 1. The summed E-state index contributed by atoms with van der Waals surface area (Å²) in [6.45, 7) is 0.273. The van der Waals surface area contributed by atoms with E-state index < -0.39 is 0 Å². The van der Waals surface area contributed by atoms with E-state index in [9.17, 15) is 0 Å². The quantitative estimate of drug-likeness (QED) is 0.335. The minimum Gasteiger partial charge on any atom is -0.396 e. The normalized spacial score (nSPS) is 11.3. The monoisotopic (exact) mass is 218 g/mol. The van der Waals surface area contributed by atoms with Gasteiger partial charge in [0.2, 0.25) is 0 Å². The fraction of sp³-hybridized carbons (Fsp3) is 0.833. The summed E-state index contributed by atoms with van der Waals surface area (Å²) >= 11 is 5.58. The number of hydrogen-bond donors (Lipinski definition) is 1. The van der Waals surface area contributed by atoms with Crippen molar-refractivity contribution >= 4 is 11.6 Å². The molecule has 0 heterocycles. The minimum atomic E-state index is 0.273. The Balaban J connectivity index is 2.91. The van der Waals surface area contributed by atoms with Crippen molar-refractivity contribution in [1.82, 2.24) is 0 Å². The standard InChI is InChI=1S/C12H23ClO/c13-11-9-7-5-3-1-2-4-6-8-10-12-14/h6,8,14H,1-5,7,9-12H2/b8-6-. The number of alkyl halides is 1. The first-order chi connectivity index (χ1) is 6.91. The predicted octanol–water partition coefficient (Wildman–Crippen LogP) is 3.89. The number of aliphatic hydroxyl groups is 1. The first-order valence-corrected chi connectivity index (χ1v) is 6.27. The molecule has 2 heteroatoms.